The molecule has 2 aromatic heterocycles. The lowest BCUT2D eigenvalue weighted by Crippen LogP contribution is -2.41. The molecule has 8 nitrogen and oxygen atoms in total. The van der Waals surface area contributed by atoms with Crippen molar-refractivity contribution < 1.29 is 26.5 Å². The molecular formula is C23H21ClF2N4O4S. The molecule has 1 amide bonds. The van der Waals surface area contributed by atoms with Crippen LogP contribution in [0, 0.1) is 24.5 Å². The first-order valence-electron chi connectivity index (χ1n) is 10.7. The first kappa shape index (κ1) is 25.0. The Balaban J connectivity index is 1.46. The molecule has 0 saturated carbocycles. The van der Waals surface area contributed by atoms with Gasteiger partial charge in [-0.25, -0.2) is 22.2 Å². The van der Waals surface area contributed by atoms with Crippen LogP contribution >= 0.6 is 11.6 Å². The molecule has 1 N–H and O–H groups in total. The molecule has 12 heteroatoms. The molecule has 184 valence electrons. The Morgan fingerprint density at radius 3 is 2.60 bits per heavy atom. The summed E-state index contributed by atoms with van der Waals surface area (Å²) >= 11 is 5.80. The number of hydrogen-bond acceptors (Lipinski definition) is 6. The summed E-state index contributed by atoms with van der Waals surface area (Å²) in [6.45, 7) is 1.73. The van der Waals surface area contributed by atoms with Gasteiger partial charge in [0.2, 0.25) is 15.9 Å². The molecule has 4 rings (SSSR count). The zero-order chi connectivity index (χ0) is 25.2. The number of sulfonamides is 1. The highest BCUT2D eigenvalue weighted by Crippen LogP contribution is 2.30. The molecule has 1 saturated heterocycles. The van der Waals surface area contributed by atoms with Crippen molar-refractivity contribution in [1.29, 1.82) is 0 Å². The quantitative estimate of drug-likeness (QED) is 0.510. The highest BCUT2D eigenvalue weighted by atomic mass is 35.5. The van der Waals surface area contributed by atoms with Gasteiger partial charge in [0.15, 0.2) is 10.7 Å². The summed E-state index contributed by atoms with van der Waals surface area (Å²) in [7, 11) is -4.00. The number of nitrogens with one attached hydrogen (secondary N) is 1. The van der Waals surface area contributed by atoms with Crippen LogP contribution in [0.25, 0.3) is 12.2 Å². The minimum Gasteiger partial charge on any atom is -0.355 e. The largest absolute Gasteiger partial charge is 0.355 e. The third-order valence-corrected chi connectivity index (χ3v) is 7.89. The maximum atomic E-state index is 13.9. The van der Waals surface area contributed by atoms with Gasteiger partial charge in [-0.3, -0.25) is 4.79 Å². The van der Waals surface area contributed by atoms with Crippen molar-refractivity contribution in [1.82, 2.24) is 14.4 Å². The molecule has 3 heterocycles. The van der Waals surface area contributed by atoms with Crippen LogP contribution < -0.4 is 5.32 Å². The monoisotopic (exact) mass is 522 g/mol. The van der Waals surface area contributed by atoms with E-state index in [0.29, 0.717) is 23.7 Å². The topological polar surface area (TPSA) is 105 Å². The molecule has 1 aliphatic rings. The molecule has 0 spiro atoms. The number of amides is 1. The first-order valence-corrected chi connectivity index (χ1v) is 12.5. The van der Waals surface area contributed by atoms with E-state index in [4.69, 9.17) is 16.1 Å². The van der Waals surface area contributed by atoms with Crippen molar-refractivity contribution in [3.63, 3.8) is 0 Å². The van der Waals surface area contributed by atoms with E-state index in [1.165, 1.54) is 35.6 Å². The van der Waals surface area contributed by atoms with Gasteiger partial charge >= 0.3 is 0 Å². The van der Waals surface area contributed by atoms with Crippen LogP contribution in [-0.4, -0.2) is 41.9 Å². The summed E-state index contributed by atoms with van der Waals surface area (Å²) in [5.41, 5.74) is 0.212. The Morgan fingerprint density at radius 2 is 1.94 bits per heavy atom. The molecule has 0 unspecified atom stereocenters. The Labute approximate surface area is 205 Å². The number of pyridine rings is 1. The minimum atomic E-state index is -4.00. The van der Waals surface area contributed by atoms with Gasteiger partial charge in [0.05, 0.1) is 5.02 Å². The van der Waals surface area contributed by atoms with Crippen molar-refractivity contribution in [2.75, 3.05) is 18.4 Å². The van der Waals surface area contributed by atoms with Crippen molar-refractivity contribution in [2.45, 2.75) is 24.7 Å². The predicted octanol–water partition coefficient (Wildman–Crippen LogP) is 4.52. The second kappa shape index (κ2) is 10.2. The maximum Gasteiger partial charge on any atom is 0.248 e. The van der Waals surface area contributed by atoms with Gasteiger partial charge in [-0.1, -0.05) is 16.8 Å². The highest BCUT2D eigenvalue weighted by molar-refractivity contribution is 7.89. The molecule has 3 aromatic rings. The fourth-order valence-electron chi connectivity index (χ4n) is 3.77. The van der Waals surface area contributed by atoms with Crippen LogP contribution in [0.2, 0.25) is 5.02 Å². The number of piperidine rings is 1. The third-order valence-electron chi connectivity index (χ3n) is 5.61. The smallest absolute Gasteiger partial charge is 0.248 e. The highest BCUT2D eigenvalue weighted by Gasteiger charge is 2.36. The lowest BCUT2D eigenvalue weighted by molar-refractivity contribution is -0.120. The normalized spacial score (nSPS) is 15.5. The molecule has 0 aliphatic carbocycles. The fraction of sp³-hybridized carbons (Fsp3) is 0.261. The van der Waals surface area contributed by atoms with Crippen molar-refractivity contribution >= 4 is 45.5 Å². The Morgan fingerprint density at radius 1 is 1.20 bits per heavy atom. The Bertz CT molecular complexity index is 1370. The molecule has 1 aliphatic heterocycles. The third kappa shape index (κ3) is 5.58. The van der Waals surface area contributed by atoms with Gasteiger partial charge < -0.3 is 9.84 Å². The summed E-state index contributed by atoms with van der Waals surface area (Å²) in [6.07, 6.45) is 4.62. The molecule has 35 heavy (non-hydrogen) atoms. The second-order valence-corrected chi connectivity index (χ2v) is 10.3. The average Bonchev–Trinajstić information content (AvgIpc) is 3.21. The summed E-state index contributed by atoms with van der Waals surface area (Å²) < 4.78 is 60.2. The van der Waals surface area contributed by atoms with Crippen molar-refractivity contribution in [3.8, 4) is 0 Å². The van der Waals surface area contributed by atoms with E-state index in [2.05, 4.69) is 15.5 Å². The van der Waals surface area contributed by atoms with Gasteiger partial charge in [0.25, 0.3) is 0 Å². The van der Waals surface area contributed by atoms with Crippen LogP contribution in [0.3, 0.4) is 0 Å². The number of nitrogens with zero attached hydrogens (tertiary/aromatic N) is 3. The average molecular weight is 523 g/mol. The molecule has 1 aromatic carbocycles. The van der Waals surface area contributed by atoms with Gasteiger partial charge in [-0.2, -0.15) is 4.31 Å². The zero-order valence-corrected chi connectivity index (χ0v) is 20.1. The number of aromatic nitrogens is 2. The van der Waals surface area contributed by atoms with Gasteiger partial charge in [-0.15, -0.1) is 0 Å². The summed E-state index contributed by atoms with van der Waals surface area (Å²) in [6, 6.07) is 6.24. The van der Waals surface area contributed by atoms with E-state index >= 15 is 0 Å². The maximum absolute atomic E-state index is 13.9. The Hall–Kier alpha value is -3.15. The standard InChI is InChI=1S/C23H21ClF2N4O4S/c1-14-22(20(34-29-14)6-3-15-2-5-18(25)12-19(15)26)35(32,33)30-10-8-16(9-11-30)23(31)28-21-7-4-17(24)13-27-21/h2-7,12-13,16H,8-11H2,1H3,(H,27,28,31)/b6-3+. The molecule has 0 atom stereocenters. The van der Waals surface area contributed by atoms with E-state index < -0.39 is 21.7 Å². The lowest BCUT2D eigenvalue weighted by atomic mass is 9.97. The number of benzene rings is 1. The zero-order valence-electron chi connectivity index (χ0n) is 18.5. The lowest BCUT2D eigenvalue weighted by Gasteiger charge is -2.30. The van der Waals surface area contributed by atoms with Gasteiger partial charge in [0.1, 0.15) is 23.1 Å². The number of rotatable bonds is 6. The van der Waals surface area contributed by atoms with Crippen LogP contribution in [0.1, 0.15) is 29.9 Å². The van der Waals surface area contributed by atoms with Crippen LogP contribution in [-0.2, 0) is 14.8 Å². The first-order chi connectivity index (χ1) is 16.6. The fourth-order valence-corrected chi connectivity index (χ4v) is 5.60. The van der Waals surface area contributed by atoms with E-state index in [1.54, 1.807) is 12.1 Å². The van der Waals surface area contributed by atoms with Gasteiger partial charge in [-0.05, 0) is 56.2 Å². The summed E-state index contributed by atoms with van der Waals surface area (Å²) in [5.74, 6) is -1.86. The van der Waals surface area contributed by atoms with Gasteiger partial charge in [0, 0.05) is 36.8 Å². The number of hydrogen-bond donors (Lipinski definition) is 1. The molecule has 0 bridgehead atoms. The Kier molecular flexibility index (Phi) is 7.29. The van der Waals surface area contributed by atoms with Crippen molar-refractivity contribution in [2.24, 2.45) is 5.92 Å². The van der Waals surface area contributed by atoms with E-state index in [-0.39, 0.29) is 46.8 Å². The second-order valence-electron chi connectivity index (χ2n) is 7.99. The van der Waals surface area contributed by atoms with Crippen LogP contribution in [0.5, 0.6) is 0 Å². The minimum absolute atomic E-state index is 0.0609. The molecule has 1 fully saturated rings. The van der Waals surface area contributed by atoms with Crippen LogP contribution in [0.15, 0.2) is 45.9 Å². The van der Waals surface area contributed by atoms with E-state index in [0.717, 1.165) is 12.1 Å². The molecular weight excluding hydrogens is 502 g/mol. The summed E-state index contributed by atoms with van der Waals surface area (Å²) in [5, 5.41) is 6.92. The number of aryl methyl sites for hydroxylation is 1. The SMILES string of the molecule is Cc1noc(/C=C/c2ccc(F)cc2F)c1S(=O)(=O)N1CCC(C(=O)Nc2ccc(Cl)cn2)CC1. The number of carbonyl (C=O) groups is 1. The van der Waals surface area contributed by atoms with E-state index in [1.807, 2.05) is 0 Å². The predicted molar refractivity (Wildman–Crippen MR) is 126 cm³/mol. The number of anilines is 1. The van der Waals surface area contributed by atoms with E-state index in [9.17, 15) is 22.0 Å². The number of carbonyl (C=O) groups excluding carboxylic acids is 1. The number of halogens is 3. The van der Waals surface area contributed by atoms with Crippen LogP contribution in [0.4, 0.5) is 14.6 Å². The molecule has 0 radical (unpaired) electrons. The summed E-state index contributed by atoms with van der Waals surface area (Å²) in [4.78, 5) is 16.5. The van der Waals surface area contributed by atoms with Crippen molar-refractivity contribution in [3.05, 3.63) is 70.2 Å².